The lowest BCUT2D eigenvalue weighted by Gasteiger charge is -2.38. The van der Waals surface area contributed by atoms with Gasteiger partial charge in [0, 0.05) is 0 Å². The average Bonchev–Trinajstić information content (AvgIpc) is 2.54. The Balaban J connectivity index is 6.39. The Hall–Kier alpha value is -1.54. The van der Waals surface area contributed by atoms with Crippen molar-refractivity contribution >= 4 is 22.1 Å². The first kappa shape index (κ1) is 28.5. The number of alkyl halides is 5. The Kier molecular flexibility index (Phi) is 8.83. The van der Waals surface area contributed by atoms with Gasteiger partial charge in [-0.2, -0.15) is 30.4 Å². The molecule has 0 aromatic rings. The average molecular weight is 472 g/mol. The molecule has 2 atom stereocenters. The Labute approximate surface area is 170 Å². The Morgan fingerprint density at radius 2 is 1.47 bits per heavy atom. The number of halogens is 5. The van der Waals surface area contributed by atoms with Gasteiger partial charge in [0.15, 0.2) is 0 Å². The lowest BCUT2D eigenvalue weighted by Crippen LogP contribution is -2.61. The van der Waals surface area contributed by atoms with Gasteiger partial charge in [0.05, 0.1) is 12.5 Å². The van der Waals surface area contributed by atoms with Crippen molar-refractivity contribution in [3.63, 3.8) is 0 Å². The van der Waals surface area contributed by atoms with Crippen LogP contribution in [0.4, 0.5) is 22.0 Å². The molecule has 178 valence electrons. The molecule has 0 aliphatic rings. The predicted octanol–water partition coefficient (Wildman–Crippen LogP) is 3.17. The fraction of sp³-hybridized carbons (Fsp3) is 0.875. The summed E-state index contributed by atoms with van der Waals surface area (Å²) >= 11 is 0. The van der Waals surface area contributed by atoms with Crippen LogP contribution in [0.5, 0.6) is 0 Å². The highest BCUT2D eigenvalue weighted by atomic mass is 32.2. The van der Waals surface area contributed by atoms with Crippen LogP contribution in [-0.4, -0.2) is 55.8 Å². The van der Waals surface area contributed by atoms with Crippen LogP contribution >= 0.6 is 0 Å². The molecule has 0 fully saturated rings. The minimum absolute atomic E-state index is 0.000210. The molecule has 0 spiro atoms. The van der Waals surface area contributed by atoms with Gasteiger partial charge in [-0.05, 0) is 25.2 Å². The van der Waals surface area contributed by atoms with Gasteiger partial charge in [-0.25, -0.2) is 4.79 Å². The number of hydrogen-bond donors (Lipinski definition) is 1. The largest absolute Gasteiger partial charge is 0.468 e. The summed E-state index contributed by atoms with van der Waals surface area (Å²) in [7, 11) is -5.77. The van der Waals surface area contributed by atoms with Crippen molar-refractivity contribution in [2.45, 2.75) is 58.3 Å². The molecule has 0 saturated carbocycles. The van der Waals surface area contributed by atoms with Gasteiger partial charge in [-0.1, -0.05) is 27.7 Å². The van der Waals surface area contributed by atoms with E-state index in [0.29, 0.717) is 7.11 Å². The standard InChI is InChI=1S/C16H25F5O8S/c1-9(2)7-13(5,10(3)4)11(22)29-15(12(23)27-6,16(19,20)21)28-8-14(17,18)30(24,25)26/h9-10H,7-8H2,1-6H3,(H,24,25,26). The molecule has 0 heterocycles. The van der Waals surface area contributed by atoms with Crippen LogP contribution in [0.3, 0.4) is 0 Å². The number of carbonyl (C=O) groups excluding carboxylic acids is 2. The number of methoxy groups -OCH3 is 1. The predicted molar refractivity (Wildman–Crippen MR) is 91.7 cm³/mol. The van der Waals surface area contributed by atoms with E-state index in [1.165, 1.54) is 20.8 Å². The molecule has 0 radical (unpaired) electrons. The number of esters is 2. The van der Waals surface area contributed by atoms with Gasteiger partial charge in [-0.3, -0.25) is 9.35 Å². The monoisotopic (exact) mass is 472 g/mol. The molecular formula is C16H25F5O8S. The zero-order valence-electron chi connectivity index (χ0n) is 17.2. The summed E-state index contributed by atoms with van der Waals surface area (Å²) < 4.78 is 110. The van der Waals surface area contributed by atoms with Gasteiger partial charge in [-0.15, -0.1) is 0 Å². The van der Waals surface area contributed by atoms with Gasteiger partial charge >= 0.3 is 39.3 Å². The molecule has 0 rings (SSSR count). The highest BCUT2D eigenvalue weighted by Crippen LogP contribution is 2.42. The first-order valence-corrected chi connectivity index (χ1v) is 9.99. The molecule has 0 aliphatic carbocycles. The van der Waals surface area contributed by atoms with Crippen LogP contribution in [0.1, 0.15) is 41.0 Å². The van der Waals surface area contributed by atoms with E-state index in [-0.39, 0.29) is 12.3 Å². The van der Waals surface area contributed by atoms with E-state index in [1.54, 1.807) is 13.8 Å². The molecule has 0 amide bonds. The van der Waals surface area contributed by atoms with Gasteiger partial charge in [0.25, 0.3) is 0 Å². The molecule has 14 heteroatoms. The summed E-state index contributed by atoms with van der Waals surface area (Å²) in [5, 5.41) is -5.25. The van der Waals surface area contributed by atoms with Gasteiger partial charge < -0.3 is 14.2 Å². The Morgan fingerprint density at radius 3 is 1.77 bits per heavy atom. The summed E-state index contributed by atoms with van der Waals surface area (Å²) in [6.45, 7) is 4.90. The van der Waals surface area contributed by atoms with Crippen LogP contribution in [0, 0.1) is 17.3 Å². The molecule has 0 aliphatic heterocycles. The van der Waals surface area contributed by atoms with Crippen molar-refractivity contribution in [2.24, 2.45) is 17.3 Å². The van der Waals surface area contributed by atoms with E-state index in [1.807, 2.05) is 0 Å². The molecule has 0 bridgehead atoms. The minimum Gasteiger partial charge on any atom is -0.464 e. The summed E-state index contributed by atoms with van der Waals surface area (Å²) in [6, 6.07) is 0. The summed E-state index contributed by atoms with van der Waals surface area (Å²) in [4.78, 5) is 24.6. The normalized spacial score (nSPS) is 17.4. The quantitative estimate of drug-likeness (QED) is 0.223. The third-order valence-electron chi connectivity index (χ3n) is 4.46. The molecule has 0 saturated heterocycles. The Morgan fingerprint density at radius 1 is 1.00 bits per heavy atom. The second-order valence-corrected chi connectivity index (χ2v) is 9.11. The van der Waals surface area contributed by atoms with E-state index in [0.717, 1.165) is 0 Å². The summed E-state index contributed by atoms with van der Waals surface area (Å²) in [5.74, 6) is -9.56. The van der Waals surface area contributed by atoms with E-state index in [2.05, 4.69) is 14.2 Å². The Bertz CT molecular complexity index is 734. The first-order chi connectivity index (χ1) is 13.2. The van der Waals surface area contributed by atoms with E-state index >= 15 is 0 Å². The van der Waals surface area contributed by atoms with Crippen LogP contribution in [-0.2, 0) is 33.9 Å². The lowest BCUT2D eigenvalue weighted by atomic mass is 9.73. The van der Waals surface area contributed by atoms with Crippen molar-refractivity contribution in [1.82, 2.24) is 0 Å². The fourth-order valence-corrected chi connectivity index (χ4v) is 2.64. The van der Waals surface area contributed by atoms with E-state index < -0.39 is 57.2 Å². The molecule has 1 N–H and O–H groups in total. The van der Waals surface area contributed by atoms with Crippen molar-refractivity contribution in [2.75, 3.05) is 13.7 Å². The van der Waals surface area contributed by atoms with Crippen molar-refractivity contribution in [3.05, 3.63) is 0 Å². The third-order valence-corrected chi connectivity index (χ3v) is 5.33. The topological polar surface area (TPSA) is 116 Å². The maximum absolute atomic E-state index is 13.7. The zero-order valence-corrected chi connectivity index (χ0v) is 18.0. The van der Waals surface area contributed by atoms with Crippen molar-refractivity contribution < 1.29 is 58.7 Å². The molecule has 0 aromatic heterocycles. The van der Waals surface area contributed by atoms with Crippen LogP contribution in [0.25, 0.3) is 0 Å². The molecule has 30 heavy (non-hydrogen) atoms. The highest BCUT2D eigenvalue weighted by Gasteiger charge is 2.69. The second-order valence-electron chi connectivity index (χ2n) is 7.57. The van der Waals surface area contributed by atoms with Crippen molar-refractivity contribution in [3.8, 4) is 0 Å². The molecule has 2 unspecified atom stereocenters. The fourth-order valence-electron chi connectivity index (χ4n) is 2.43. The van der Waals surface area contributed by atoms with Crippen LogP contribution < -0.4 is 0 Å². The van der Waals surface area contributed by atoms with Gasteiger partial charge in [0.2, 0.25) is 0 Å². The molecule has 8 nitrogen and oxygen atoms in total. The molecular weight excluding hydrogens is 447 g/mol. The minimum atomic E-state index is -6.21. The number of ether oxygens (including phenoxy) is 3. The van der Waals surface area contributed by atoms with Crippen LogP contribution in [0.2, 0.25) is 0 Å². The summed E-state index contributed by atoms with van der Waals surface area (Å²) in [6.07, 6.45) is -5.94. The maximum Gasteiger partial charge on any atom is 0.468 e. The first-order valence-electron chi connectivity index (χ1n) is 8.55. The number of hydrogen-bond acceptors (Lipinski definition) is 7. The smallest absolute Gasteiger partial charge is 0.464 e. The van der Waals surface area contributed by atoms with E-state index in [9.17, 15) is 40.0 Å². The third kappa shape index (κ3) is 6.00. The maximum atomic E-state index is 13.7. The number of rotatable bonds is 10. The van der Waals surface area contributed by atoms with Gasteiger partial charge in [0.1, 0.15) is 6.61 Å². The van der Waals surface area contributed by atoms with Crippen LogP contribution in [0.15, 0.2) is 0 Å². The number of carbonyl (C=O) groups is 2. The van der Waals surface area contributed by atoms with E-state index in [4.69, 9.17) is 4.55 Å². The summed E-state index contributed by atoms with van der Waals surface area (Å²) in [5.41, 5.74) is -1.60. The zero-order chi connectivity index (χ0) is 24.3. The van der Waals surface area contributed by atoms with Crippen molar-refractivity contribution in [1.29, 1.82) is 0 Å². The lowest BCUT2D eigenvalue weighted by molar-refractivity contribution is -0.362. The SMILES string of the molecule is COC(=O)C(OCC(F)(F)S(=O)(=O)O)(OC(=O)C(C)(CC(C)C)C(C)C)C(F)(F)F. The second kappa shape index (κ2) is 9.30. The highest BCUT2D eigenvalue weighted by molar-refractivity contribution is 7.86. The molecule has 0 aromatic carbocycles.